The molecule has 84 heavy (non-hydrogen) atoms. The summed E-state index contributed by atoms with van der Waals surface area (Å²) in [6.07, 6.45) is 14.3. The number of benzene rings is 7. The van der Waals surface area contributed by atoms with Crippen molar-refractivity contribution in [3.05, 3.63) is 282 Å². The molecule has 0 aliphatic heterocycles. The van der Waals surface area contributed by atoms with Crippen molar-refractivity contribution >= 4 is 72.3 Å². The Kier molecular flexibility index (Phi) is 20.5. The third-order valence-corrected chi connectivity index (χ3v) is 11.1. The predicted molar refractivity (Wildman–Crippen MR) is 321 cm³/mol. The third-order valence-electron chi connectivity index (χ3n) is 11.1. The van der Waals surface area contributed by atoms with Gasteiger partial charge in [-0.1, -0.05) is 71.0 Å². The van der Waals surface area contributed by atoms with Crippen LogP contribution in [0.2, 0.25) is 0 Å². The van der Waals surface area contributed by atoms with Gasteiger partial charge in [-0.3, -0.25) is 0 Å². The molecule has 7 rings (SSSR count). The van der Waals surface area contributed by atoms with E-state index in [9.17, 15) is 28.8 Å². The van der Waals surface area contributed by atoms with Crippen LogP contribution in [0.4, 0.5) is 0 Å². The summed E-state index contributed by atoms with van der Waals surface area (Å²) < 4.78 is 0. The molecule has 12 nitrogen and oxygen atoms in total. The van der Waals surface area contributed by atoms with Gasteiger partial charge in [0.25, 0.3) is 0 Å². The number of carboxylic acids is 6. The molecule has 402 valence electrons. The fourth-order valence-corrected chi connectivity index (χ4v) is 7.45. The molecule has 0 atom stereocenters. The van der Waals surface area contributed by atoms with Gasteiger partial charge in [0, 0.05) is 103 Å². The summed E-state index contributed by atoms with van der Waals surface area (Å²) in [5.74, 6) is 31.0. The van der Waals surface area contributed by atoms with Crippen molar-refractivity contribution in [3.63, 3.8) is 0 Å². The number of aliphatic carboxylic acids is 6. The summed E-state index contributed by atoms with van der Waals surface area (Å²) in [5, 5.41) is 54.7. The van der Waals surface area contributed by atoms with Crippen molar-refractivity contribution in [3.8, 4) is 71.0 Å². The summed E-state index contributed by atoms with van der Waals surface area (Å²) in [5.41, 5.74) is 10.8. The fourth-order valence-electron chi connectivity index (χ4n) is 7.45. The quantitative estimate of drug-likeness (QED) is 0.0497. The first-order valence-electron chi connectivity index (χ1n) is 24.9. The lowest BCUT2D eigenvalue weighted by Gasteiger charge is -2.00. The fraction of sp³-hybridized carbons (Fsp3) is 0. The standard InChI is InChI=1S/C72H42O12/c73-67(74)31-25-61-40-58(41-62(46-61)26-32-68(75)76)22-16-52-7-1-49(2-8-52)13-19-55-37-56(20-14-50-3-9-53(10-4-50)17-23-59-42-63(27-33-69(77)78)47-64(43-59)28-34-70(79)80)39-57(38-55)21-15-51-5-11-54(12-6-51)18-24-60-44-65(29-35-71(81)82)48-66(45-60)30-36-72(83)84/h1-12,25-48H,(H,73,74)(H,75,76)(H,77,78)(H,79,80)(H,81,82)(H,83,84)/b31-25+,32-26+,33-27+,34-28+,35-29+,36-30+. The highest BCUT2D eigenvalue weighted by Gasteiger charge is 2.04. The predicted octanol–water partition coefficient (Wildman–Crippen LogP) is 10.7. The molecule has 0 amide bonds. The molecular formula is C72H42O12. The molecule has 7 aromatic carbocycles. The van der Waals surface area contributed by atoms with E-state index < -0.39 is 35.8 Å². The second kappa shape index (κ2) is 29.2. The molecular weight excluding hydrogens is 1060 g/mol. The Hall–Kier alpha value is -12.8. The van der Waals surface area contributed by atoms with E-state index in [2.05, 4.69) is 71.0 Å². The maximum atomic E-state index is 11.2. The van der Waals surface area contributed by atoms with Crippen molar-refractivity contribution in [1.82, 2.24) is 0 Å². The van der Waals surface area contributed by atoms with E-state index in [1.54, 1.807) is 91.0 Å². The van der Waals surface area contributed by atoms with E-state index in [1.165, 1.54) is 36.5 Å². The number of hydrogen-bond acceptors (Lipinski definition) is 6. The number of carboxylic acid groups (broad SMARTS) is 6. The van der Waals surface area contributed by atoms with Crippen LogP contribution in [-0.2, 0) is 28.8 Å². The van der Waals surface area contributed by atoms with Gasteiger partial charge in [-0.25, -0.2) is 28.8 Å². The van der Waals surface area contributed by atoms with Gasteiger partial charge in [0.1, 0.15) is 0 Å². The first-order valence-corrected chi connectivity index (χ1v) is 24.9. The van der Waals surface area contributed by atoms with Crippen LogP contribution in [0.15, 0.2) is 182 Å². The van der Waals surface area contributed by atoms with Crippen LogP contribution in [-0.4, -0.2) is 66.5 Å². The Morgan fingerprint density at radius 3 is 0.476 bits per heavy atom. The van der Waals surface area contributed by atoms with Crippen LogP contribution in [0.1, 0.15) is 100 Å². The summed E-state index contributed by atoms with van der Waals surface area (Å²) in [4.78, 5) is 66.9. The van der Waals surface area contributed by atoms with Gasteiger partial charge in [0.2, 0.25) is 0 Å². The highest BCUT2D eigenvalue weighted by Crippen LogP contribution is 2.18. The maximum Gasteiger partial charge on any atom is 0.328 e. The Labute approximate surface area is 482 Å². The molecule has 0 saturated carbocycles. The molecule has 0 aliphatic rings. The van der Waals surface area contributed by atoms with Crippen LogP contribution in [0.25, 0.3) is 36.5 Å². The average Bonchev–Trinajstić information content (AvgIpc) is 3.55. The van der Waals surface area contributed by atoms with Crippen LogP contribution in [0, 0.1) is 71.0 Å². The van der Waals surface area contributed by atoms with Crippen molar-refractivity contribution in [1.29, 1.82) is 0 Å². The lowest BCUT2D eigenvalue weighted by Crippen LogP contribution is -1.89. The zero-order valence-corrected chi connectivity index (χ0v) is 43.9. The molecule has 0 heterocycles. The molecule has 0 aliphatic carbocycles. The van der Waals surface area contributed by atoms with E-state index in [0.29, 0.717) is 100 Å². The van der Waals surface area contributed by atoms with Crippen molar-refractivity contribution in [2.75, 3.05) is 0 Å². The summed E-state index contributed by atoms with van der Waals surface area (Å²) in [6.45, 7) is 0. The molecule has 0 fully saturated rings. The minimum Gasteiger partial charge on any atom is -0.478 e. The molecule has 6 N–H and O–H groups in total. The van der Waals surface area contributed by atoms with Gasteiger partial charge in [0.05, 0.1) is 0 Å². The Morgan fingerprint density at radius 1 is 0.202 bits per heavy atom. The Balaban J connectivity index is 1.16. The lowest BCUT2D eigenvalue weighted by atomic mass is 10.0. The van der Waals surface area contributed by atoms with Gasteiger partial charge in [0.15, 0.2) is 0 Å². The normalized spacial score (nSPS) is 10.6. The minimum absolute atomic E-state index is 0.529. The lowest BCUT2D eigenvalue weighted by molar-refractivity contribution is -0.132. The molecule has 0 aromatic heterocycles. The summed E-state index contributed by atoms with van der Waals surface area (Å²) >= 11 is 0. The van der Waals surface area contributed by atoms with Gasteiger partial charge in [-0.05, 0) is 215 Å². The zero-order valence-electron chi connectivity index (χ0n) is 43.9. The summed E-state index contributed by atoms with van der Waals surface area (Å²) in [6, 6.07) is 42.4. The number of carbonyl (C=O) groups is 6. The SMILES string of the molecule is O=C(O)/C=C/c1cc(C#Cc2ccc(C#Cc3cc(C#Cc4ccc(C#Cc5cc(/C=C/C(=O)O)cc(/C=C/C(=O)O)c5)cc4)cc(C#Cc4ccc(C#Cc5cc(/C=C/C(=O)O)cc(/C=C/C(=O)O)c5)cc4)c3)cc2)cc(/C=C/C(=O)O)c1. The molecule has 7 aromatic rings. The van der Waals surface area contributed by atoms with E-state index in [4.69, 9.17) is 30.6 Å². The number of rotatable bonds is 12. The highest BCUT2D eigenvalue weighted by molar-refractivity contribution is 5.89. The van der Waals surface area contributed by atoms with Gasteiger partial charge in [-0.15, -0.1) is 0 Å². The van der Waals surface area contributed by atoms with E-state index in [-0.39, 0.29) is 0 Å². The smallest absolute Gasteiger partial charge is 0.328 e. The molecule has 0 spiro atoms. The topological polar surface area (TPSA) is 224 Å². The van der Waals surface area contributed by atoms with Crippen LogP contribution in [0.5, 0.6) is 0 Å². The molecule has 0 unspecified atom stereocenters. The first-order chi connectivity index (χ1) is 40.4. The van der Waals surface area contributed by atoms with E-state index >= 15 is 0 Å². The van der Waals surface area contributed by atoms with Gasteiger partial charge < -0.3 is 30.6 Å². The van der Waals surface area contributed by atoms with Gasteiger partial charge in [-0.2, -0.15) is 0 Å². The minimum atomic E-state index is -1.13. The van der Waals surface area contributed by atoms with Crippen molar-refractivity contribution in [2.45, 2.75) is 0 Å². The zero-order chi connectivity index (χ0) is 59.8. The highest BCUT2D eigenvalue weighted by atomic mass is 16.4. The Bertz CT molecular complexity index is 3790. The molecule has 12 heteroatoms. The second-order valence-corrected chi connectivity index (χ2v) is 17.7. The maximum absolute atomic E-state index is 11.2. The number of hydrogen-bond donors (Lipinski definition) is 6. The van der Waals surface area contributed by atoms with Gasteiger partial charge >= 0.3 is 35.8 Å². The first kappa shape index (κ1) is 58.8. The second-order valence-electron chi connectivity index (χ2n) is 17.7. The van der Waals surface area contributed by atoms with Crippen molar-refractivity contribution < 1.29 is 59.4 Å². The van der Waals surface area contributed by atoms with Crippen LogP contribution in [0.3, 0.4) is 0 Å². The Morgan fingerprint density at radius 2 is 0.333 bits per heavy atom. The molecule has 0 saturated heterocycles. The third kappa shape index (κ3) is 20.5. The average molecular weight is 1100 g/mol. The summed E-state index contributed by atoms with van der Waals surface area (Å²) in [7, 11) is 0. The van der Waals surface area contributed by atoms with E-state index in [0.717, 1.165) is 36.5 Å². The largest absolute Gasteiger partial charge is 0.478 e. The van der Waals surface area contributed by atoms with Crippen LogP contribution >= 0.6 is 0 Å². The van der Waals surface area contributed by atoms with Crippen LogP contribution < -0.4 is 0 Å². The van der Waals surface area contributed by atoms with Crippen molar-refractivity contribution in [2.24, 2.45) is 0 Å². The monoisotopic (exact) mass is 1100 g/mol. The van der Waals surface area contributed by atoms with E-state index in [1.807, 2.05) is 54.6 Å². The molecule has 0 radical (unpaired) electrons. The molecule has 0 bridgehead atoms.